The fraction of sp³-hybridized carbons (Fsp3) is 0.185. The Bertz CT molecular complexity index is 1350. The summed E-state index contributed by atoms with van der Waals surface area (Å²) in [5, 5.41) is 6.21. The van der Waals surface area contributed by atoms with Gasteiger partial charge in [0, 0.05) is 42.5 Å². The first-order valence-electron chi connectivity index (χ1n) is 11.5. The Morgan fingerprint density at radius 3 is 2.31 bits per heavy atom. The second-order valence-corrected chi connectivity index (χ2v) is 9.26. The number of amides is 1. The fourth-order valence-corrected chi connectivity index (χ4v) is 4.78. The van der Waals surface area contributed by atoms with E-state index in [9.17, 15) is 4.79 Å². The van der Waals surface area contributed by atoms with E-state index in [0.29, 0.717) is 27.1 Å². The Hall–Kier alpha value is -3.16. The Kier molecular flexibility index (Phi) is 6.88. The van der Waals surface area contributed by atoms with E-state index in [0.717, 1.165) is 48.7 Å². The molecule has 35 heavy (non-hydrogen) atoms. The van der Waals surface area contributed by atoms with Gasteiger partial charge in [0.2, 0.25) is 0 Å². The van der Waals surface area contributed by atoms with Gasteiger partial charge < -0.3 is 5.32 Å². The molecule has 1 aromatic heterocycles. The van der Waals surface area contributed by atoms with Gasteiger partial charge in [0.15, 0.2) is 5.69 Å². The highest BCUT2D eigenvalue weighted by Crippen LogP contribution is 2.33. The number of carbonyl (C=O) groups excluding carboxylic acids is 1. The molecule has 4 aromatic rings. The van der Waals surface area contributed by atoms with Gasteiger partial charge in [-0.1, -0.05) is 65.7 Å². The topological polar surface area (TPSA) is 62.2 Å². The number of piperazine rings is 1. The Labute approximate surface area is 214 Å². The molecule has 0 unspecified atom stereocenters. The van der Waals surface area contributed by atoms with Gasteiger partial charge in [-0.25, -0.2) is 9.99 Å². The van der Waals surface area contributed by atoms with Crippen LogP contribution in [0.25, 0.3) is 28.2 Å². The van der Waals surface area contributed by atoms with Crippen molar-refractivity contribution in [2.75, 3.05) is 26.2 Å². The molecule has 8 heteroatoms. The number of imidazole rings is 1. The van der Waals surface area contributed by atoms with E-state index >= 15 is 0 Å². The highest BCUT2D eigenvalue weighted by atomic mass is 35.5. The molecule has 1 amide bonds. The summed E-state index contributed by atoms with van der Waals surface area (Å²) in [4.78, 5) is 18.0. The normalized spacial score (nSPS) is 14.1. The molecule has 3 aromatic carbocycles. The van der Waals surface area contributed by atoms with Crippen molar-refractivity contribution in [3.63, 3.8) is 0 Å². The van der Waals surface area contributed by atoms with Crippen molar-refractivity contribution in [1.29, 1.82) is 0 Å². The highest BCUT2D eigenvalue weighted by molar-refractivity contribution is 6.36. The van der Waals surface area contributed by atoms with Crippen LogP contribution in [-0.4, -0.2) is 46.6 Å². The molecule has 1 aliphatic rings. The molecule has 6 nitrogen and oxygen atoms in total. The summed E-state index contributed by atoms with van der Waals surface area (Å²) in [5.74, 6) is 0.345. The van der Waals surface area contributed by atoms with Gasteiger partial charge >= 0.3 is 0 Å². The lowest BCUT2D eigenvalue weighted by molar-refractivity contribution is 0.0759. The molecule has 2 N–H and O–H groups in total. The largest absolute Gasteiger partial charge is 0.314 e. The maximum Gasteiger partial charge on any atom is 0.286 e. The lowest BCUT2D eigenvalue weighted by atomic mass is 10.1. The number of benzene rings is 3. The molecule has 178 valence electrons. The van der Waals surface area contributed by atoms with Crippen LogP contribution in [-0.2, 0) is 0 Å². The zero-order chi connectivity index (χ0) is 24.4. The molecule has 1 saturated heterocycles. The fourth-order valence-electron chi connectivity index (χ4n) is 4.29. The number of aromatic nitrogens is 2. The summed E-state index contributed by atoms with van der Waals surface area (Å²) in [5.41, 5.74) is 7.92. The first kappa shape index (κ1) is 23.6. The number of rotatable bonds is 5. The molecule has 0 spiro atoms. The van der Waals surface area contributed by atoms with E-state index < -0.39 is 0 Å². The van der Waals surface area contributed by atoms with Crippen LogP contribution in [0.2, 0.25) is 10.0 Å². The molecule has 1 fully saturated rings. The first-order valence-corrected chi connectivity index (χ1v) is 12.2. The first-order chi connectivity index (χ1) is 17.0. The van der Waals surface area contributed by atoms with Crippen molar-refractivity contribution in [2.24, 2.45) is 0 Å². The maximum absolute atomic E-state index is 13.2. The van der Waals surface area contributed by atoms with Crippen LogP contribution in [0.3, 0.4) is 0 Å². The molecule has 1 aliphatic heterocycles. The predicted octanol–water partition coefficient (Wildman–Crippen LogP) is 5.37. The minimum absolute atomic E-state index is 0.240. The van der Waals surface area contributed by atoms with Crippen LogP contribution in [0.5, 0.6) is 0 Å². The van der Waals surface area contributed by atoms with Gasteiger partial charge in [-0.05, 0) is 48.4 Å². The molecular formula is C27H25Cl2N5O. The molecule has 0 radical (unpaired) electrons. The zero-order valence-corrected chi connectivity index (χ0v) is 20.8. The van der Waals surface area contributed by atoms with Crippen LogP contribution in [0, 0.1) is 6.92 Å². The highest BCUT2D eigenvalue weighted by Gasteiger charge is 2.24. The Balaban J connectivity index is 1.57. The minimum atomic E-state index is -0.240. The monoisotopic (exact) mass is 505 g/mol. The van der Waals surface area contributed by atoms with Crippen molar-refractivity contribution < 1.29 is 4.79 Å². The smallest absolute Gasteiger partial charge is 0.286 e. The van der Waals surface area contributed by atoms with Crippen molar-refractivity contribution in [2.45, 2.75) is 6.92 Å². The summed E-state index contributed by atoms with van der Waals surface area (Å²) in [6, 6.07) is 23.7. The third-order valence-corrected chi connectivity index (χ3v) is 6.65. The average molecular weight is 506 g/mol. The van der Waals surface area contributed by atoms with Crippen LogP contribution in [0.15, 0.2) is 72.8 Å². The summed E-state index contributed by atoms with van der Waals surface area (Å²) in [6.45, 7) is 5.03. The van der Waals surface area contributed by atoms with Crippen LogP contribution in [0.4, 0.5) is 0 Å². The second-order valence-electron chi connectivity index (χ2n) is 8.42. The quantitative estimate of drug-likeness (QED) is 0.382. The van der Waals surface area contributed by atoms with Crippen LogP contribution in [0.1, 0.15) is 16.2 Å². The number of nitrogens with zero attached hydrogens (tertiary/aromatic N) is 3. The number of hydrogen-bond donors (Lipinski definition) is 2. The van der Waals surface area contributed by atoms with Gasteiger partial charge in [0.25, 0.3) is 5.91 Å². The average Bonchev–Trinajstić information content (AvgIpc) is 3.22. The Morgan fingerprint density at radius 2 is 1.63 bits per heavy atom. The van der Waals surface area contributed by atoms with Gasteiger partial charge in [-0.3, -0.25) is 14.8 Å². The van der Waals surface area contributed by atoms with E-state index in [-0.39, 0.29) is 5.91 Å². The van der Waals surface area contributed by atoms with Crippen molar-refractivity contribution in [3.05, 3.63) is 94.2 Å². The van der Waals surface area contributed by atoms with Crippen LogP contribution >= 0.6 is 23.2 Å². The Morgan fingerprint density at radius 1 is 0.943 bits per heavy atom. The van der Waals surface area contributed by atoms with E-state index in [1.165, 1.54) is 0 Å². The third kappa shape index (κ3) is 4.97. The van der Waals surface area contributed by atoms with E-state index in [2.05, 4.69) is 35.0 Å². The number of nitrogens with one attached hydrogen (secondary N) is 2. The number of hydrazine groups is 1. The molecule has 2 heterocycles. The van der Waals surface area contributed by atoms with Gasteiger partial charge in [-0.2, -0.15) is 0 Å². The lowest BCUT2D eigenvalue weighted by Gasteiger charge is -2.27. The summed E-state index contributed by atoms with van der Waals surface area (Å²) in [6.07, 6.45) is 0. The molecule has 0 bridgehead atoms. The number of carbonyl (C=O) groups is 1. The van der Waals surface area contributed by atoms with Gasteiger partial charge in [0.05, 0.1) is 10.7 Å². The van der Waals surface area contributed by atoms with E-state index in [1.807, 2.05) is 52.9 Å². The standard InChI is InChI=1S/C27H25Cl2N5O/c1-18-25(27(35)32-33-15-13-30-14-16-33)31-26(23-12-9-21(28)17-24(23)29)34(18)22-10-7-20(8-11-22)19-5-3-2-4-6-19/h2-12,17,30H,13-16H2,1H3,(H,32,35). The number of halogens is 2. The molecule has 0 aliphatic carbocycles. The van der Waals surface area contributed by atoms with Crippen LogP contribution < -0.4 is 10.7 Å². The van der Waals surface area contributed by atoms with Gasteiger partial charge in [0.1, 0.15) is 5.82 Å². The van der Waals surface area contributed by atoms with E-state index in [4.69, 9.17) is 28.2 Å². The van der Waals surface area contributed by atoms with Crippen molar-refractivity contribution in [3.8, 4) is 28.2 Å². The minimum Gasteiger partial charge on any atom is -0.314 e. The lowest BCUT2D eigenvalue weighted by Crippen LogP contribution is -2.52. The van der Waals surface area contributed by atoms with E-state index in [1.54, 1.807) is 12.1 Å². The summed E-state index contributed by atoms with van der Waals surface area (Å²) >= 11 is 12.7. The molecular weight excluding hydrogens is 481 g/mol. The molecule has 0 saturated carbocycles. The predicted molar refractivity (Wildman–Crippen MR) is 141 cm³/mol. The summed E-state index contributed by atoms with van der Waals surface area (Å²) in [7, 11) is 0. The second kappa shape index (κ2) is 10.2. The SMILES string of the molecule is Cc1c(C(=O)NN2CCNCC2)nc(-c2ccc(Cl)cc2Cl)n1-c1ccc(-c2ccccc2)cc1. The molecule has 5 rings (SSSR count). The summed E-state index contributed by atoms with van der Waals surface area (Å²) < 4.78 is 1.97. The maximum atomic E-state index is 13.2. The van der Waals surface area contributed by atoms with Crippen molar-refractivity contribution in [1.82, 2.24) is 25.3 Å². The van der Waals surface area contributed by atoms with Crippen molar-refractivity contribution >= 4 is 29.1 Å². The molecule has 0 atom stereocenters. The number of hydrogen-bond acceptors (Lipinski definition) is 4. The third-order valence-electron chi connectivity index (χ3n) is 6.10. The van der Waals surface area contributed by atoms with Gasteiger partial charge in [-0.15, -0.1) is 0 Å². The zero-order valence-electron chi connectivity index (χ0n) is 19.3.